The first kappa shape index (κ1) is 10.7. The van der Waals surface area contributed by atoms with Crippen LogP contribution in [0, 0.1) is 0 Å². The van der Waals surface area contributed by atoms with E-state index in [1.165, 1.54) is 0 Å². The molecule has 0 saturated carbocycles. The van der Waals surface area contributed by atoms with Gasteiger partial charge in [-0.05, 0) is 6.07 Å². The summed E-state index contributed by atoms with van der Waals surface area (Å²) >= 11 is 0. The Morgan fingerprint density at radius 1 is 1.19 bits per heavy atom. The number of nitrogens with zero attached hydrogens (tertiary/aromatic N) is 4. The maximum atomic E-state index is 5.17. The Bertz CT molecular complexity index is 439. The van der Waals surface area contributed by atoms with E-state index in [-0.39, 0.29) is 0 Å². The Hall–Kier alpha value is -1.79. The minimum Gasteiger partial charge on any atom is -0.350 e. The average Bonchev–Trinajstić information content (AvgIpc) is 2.81. The van der Waals surface area contributed by atoms with Crippen molar-refractivity contribution < 1.29 is 9.47 Å². The van der Waals surface area contributed by atoms with Crippen LogP contribution in [0.15, 0.2) is 30.9 Å². The van der Waals surface area contributed by atoms with Crippen molar-refractivity contribution in [2.45, 2.75) is 6.29 Å². The van der Waals surface area contributed by atoms with E-state index in [2.05, 4.69) is 15.1 Å². The monoisotopic (exact) mass is 220 g/mol. The molecule has 0 atom stereocenters. The van der Waals surface area contributed by atoms with E-state index in [1.807, 2.05) is 6.07 Å². The van der Waals surface area contributed by atoms with Crippen LogP contribution in [0.3, 0.4) is 0 Å². The molecule has 84 valence electrons. The van der Waals surface area contributed by atoms with Crippen LogP contribution in [0.1, 0.15) is 12.0 Å². The highest BCUT2D eigenvalue weighted by Crippen LogP contribution is 2.18. The second-order valence-corrected chi connectivity index (χ2v) is 3.03. The summed E-state index contributed by atoms with van der Waals surface area (Å²) in [7, 11) is 3.14. The fourth-order valence-corrected chi connectivity index (χ4v) is 1.42. The molecule has 0 N–H and O–H groups in total. The summed E-state index contributed by atoms with van der Waals surface area (Å²) in [5.74, 6) is 0.626. The molecule has 2 aromatic rings. The highest BCUT2D eigenvalue weighted by atomic mass is 16.7. The van der Waals surface area contributed by atoms with Gasteiger partial charge in [-0.25, -0.2) is 9.67 Å². The molecular formula is C10H12N4O2. The lowest BCUT2D eigenvalue weighted by molar-refractivity contribution is -0.110. The summed E-state index contributed by atoms with van der Waals surface area (Å²) in [6.07, 6.45) is 6.03. The van der Waals surface area contributed by atoms with Crippen molar-refractivity contribution in [1.82, 2.24) is 19.7 Å². The van der Waals surface area contributed by atoms with E-state index < -0.39 is 6.29 Å². The van der Waals surface area contributed by atoms with Gasteiger partial charge in [0.15, 0.2) is 5.82 Å². The predicted octanol–water partition coefficient (Wildman–Crippen LogP) is 0.954. The summed E-state index contributed by atoms with van der Waals surface area (Å²) < 4.78 is 12.0. The number of aromatic nitrogens is 4. The highest BCUT2D eigenvalue weighted by molar-refractivity contribution is 5.21. The van der Waals surface area contributed by atoms with Gasteiger partial charge in [-0.2, -0.15) is 5.10 Å². The Labute approximate surface area is 92.9 Å². The van der Waals surface area contributed by atoms with Crippen molar-refractivity contribution in [1.29, 1.82) is 0 Å². The summed E-state index contributed by atoms with van der Waals surface area (Å²) in [4.78, 5) is 8.15. The van der Waals surface area contributed by atoms with Crippen LogP contribution < -0.4 is 0 Å². The molecule has 0 saturated heterocycles. The number of hydrogen-bond donors (Lipinski definition) is 0. The highest BCUT2D eigenvalue weighted by Gasteiger charge is 2.16. The summed E-state index contributed by atoms with van der Waals surface area (Å²) in [6, 6.07) is 1.81. The molecule has 0 unspecified atom stereocenters. The molecular weight excluding hydrogens is 208 g/mol. The fraction of sp³-hybridized carbons (Fsp3) is 0.300. The summed E-state index contributed by atoms with van der Waals surface area (Å²) in [5, 5.41) is 4.16. The lowest BCUT2D eigenvalue weighted by Crippen LogP contribution is -2.12. The first-order valence-corrected chi connectivity index (χ1v) is 4.72. The molecule has 0 amide bonds. The normalized spacial score (nSPS) is 10.9. The number of methoxy groups -OCH3 is 2. The van der Waals surface area contributed by atoms with Crippen LogP contribution in [0.2, 0.25) is 0 Å². The predicted molar refractivity (Wildman–Crippen MR) is 55.9 cm³/mol. The van der Waals surface area contributed by atoms with Crippen LogP contribution in [0.4, 0.5) is 0 Å². The molecule has 6 nitrogen and oxygen atoms in total. The molecule has 2 rings (SSSR count). The minimum atomic E-state index is -0.468. The summed E-state index contributed by atoms with van der Waals surface area (Å²) in [6.45, 7) is 0. The van der Waals surface area contributed by atoms with Gasteiger partial charge in [0.25, 0.3) is 0 Å². The third-order valence-corrected chi connectivity index (χ3v) is 2.11. The molecule has 0 bridgehead atoms. The smallest absolute Gasteiger partial charge is 0.200 e. The van der Waals surface area contributed by atoms with Gasteiger partial charge in [0.2, 0.25) is 6.29 Å². The van der Waals surface area contributed by atoms with Gasteiger partial charge in [0, 0.05) is 32.8 Å². The van der Waals surface area contributed by atoms with E-state index in [1.54, 1.807) is 43.7 Å². The number of ether oxygens (including phenoxy) is 2. The largest absolute Gasteiger partial charge is 0.350 e. The van der Waals surface area contributed by atoms with Crippen LogP contribution in [-0.4, -0.2) is 34.0 Å². The van der Waals surface area contributed by atoms with E-state index in [0.717, 1.165) is 5.69 Å². The molecule has 0 aromatic carbocycles. The molecule has 2 heterocycles. The molecule has 0 aliphatic rings. The van der Waals surface area contributed by atoms with E-state index in [4.69, 9.17) is 9.47 Å². The van der Waals surface area contributed by atoms with Gasteiger partial charge >= 0.3 is 0 Å². The maximum absolute atomic E-state index is 5.17. The van der Waals surface area contributed by atoms with Gasteiger partial charge in [0.1, 0.15) is 5.69 Å². The first-order valence-electron chi connectivity index (χ1n) is 4.72. The number of hydrogen-bond acceptors (Lipinski definition) is 5. The third-order valence-electron chi connectivity index (χ3n) is 2.11. The zero-order valence-electron chi connectivity index (χ0n) is 9.07. The van der Waals surface area contributed by atoms with Crippen molar-refractivity contribution in [3.63, 3.8) is 0 Å². The third kappa shape index (κ3) is 1.93. The van der Waals surface area contributed by atoms with Crippen LogP contribution in [0.5, 0.6) is 0 Å². The lowest BCUT2D eigenvalue weighted by atomic mass is 10.4. The Balaban J connectivity index is 2.40. The Morgan fingerprint density at radius 2 is 2.00 bits per heavy atom. The Kier molecular flexibility index (Phi) is 3.23. The zero-order valence-corrected chi connectivity index (χ0v) is 9.07. The molecule has 0 radical (unpaired) electrons. The topological polar surface area (TPSA) is 62.1 Å². The van der Waals surface area contributed by atoms with Gasteiger partial charge < -0.3 is 9.47 Å². The molecule has 0 spiro atoms. The second-order valence-electron chi connectivity index (χ2n) is 3.03. The van der Waals surface area contributed by atoms with E-state index in [0.29, 0.717) is 5.82 Å². The average molecular weight is 220 g/mol. The van der Waals surface area contributed by atoms with Crippen LogP contribution >= 0.6 is 0 Å². The van der Waals surface area contributed by atoms with Gasteiger partial charge in [-0.1, -0.05) is 0 Å². The zero-order chi connectivity index (χ0) is 11.4. The van der Waals surface area contributed by atoms with Gasteiger partial charge in [-0.15, -0.1) is 0 Å². The van der Waals surface area contributed by atoms with Crippen molar-refractivity contribution >= 4 is 0 Å². The molecule has 0 aliphatic carbocycles. The lowest BCUT2D eigenvalue weighted by Gasteiger charge is -2.14. The molecule has 6 heteroatoms. The molecule has 0 aliphatic heterocycles. The standard InChI is InChI=1S/C10H12N4O2/c1-15-10(16-2)8-3-4-13-14(8)9-7-11-5-6-12-9/h3-7,10H,1-2H3. The van der Waals surface area contributed by atoms with Crippen molar-refractivity contribution in [2.24, 2.45) is 0 Å². The SMILES string of the molecule is COC(OC)c1ccnn1-c1cnccn1. The van der Waals surface area contributed by atoms with Gasteiger partial charge in [-0.3, -0.25) is 4.98 Å². The van der Waals surface area contributed by atoms with Gasteiger partial charge in [0.05, 0.1) is 6.20 Å². The fourth-order valence-electron chi connectivity index (χ4n) is 1.42. The van der Waals surface area contributed by atoms with Crippen LogP contribution in [0.25, 0.3) is 5.82 Å². The second kappa shape index (κ2) is 4.82. The maximum Gasteiger partial charge on any atom is 0.200 e. The van der Waals surface area contributed by atoms with Crippen molar-refractivity contribution in [3.05, 3.63) is 36.5 Å². The van der Waals surface area contributed by atoms with E-state index in [9.17, 15) is 0 Å². The molecule has 16 heavy (non-hydrogen) atoms. The van der Waals surface area contributed by atoms with E-state index >= 15 is 0 Å². The van der Waals surface area contributed by atoms with Crippen LogP contribution in [-0.2, 0) is 9.47 Å². The quantitative estimate of drug-likeness (QED) is 0.718. The van der Waals surface area contributed by atoms with Crippen molar-refractivity contribution in [2.75, 3.05) is 14.2 Å². The van der Waals surface area contributed by atoms with Crippen molar-refractivity contribution in [3.8, 4) is 5.82 Å². The minimum absolute atomic E-state index is 0.468. The molecule has 0 fully saturated rings. The number of rotatable bonds is 4. The Morgan fingerprint density at radius 3 is 2.62 bits per heavy atom. The first-order chi connectivity index (χ1) is 7.86. The summed E-state index contributed by atoms with van der Waals surface area (Å²) in [5.41, 5.74) is 0.769. The molecule has 2 aromatic heterocycles.